The monoisotopic (exact) mass is 296 g/mol. The quantitative estimate of drug-likeness (QED) is 0.284. The number of ether oxygens (including phenoxy) is 2. The van der Waals surface area contributed by atoms with Crippen molar-refractivity contribution >= 4 is 12.3 Å². The van der Waals surface area contributed by atoms with Crippen LogP contribution in [-0.2, 0) is 14.3 Å². The minimum absolute atomic E-state index is 0.0871. The number of allylic oxidation sites excluding steroid dienone is 1. The number of aliphatic hydroxyl groups is 1. The van der Waals surface area contributed by atoms with Gasteiger partial charge in [-0.15, -0.1) is 0 Å². The van der Waals surface area contributed by atoms with Crippen molar-refractivity contribution in [1.29, 1.82) is 5.26 Å². The molecule has 0 saturated carbocycles. The van der Waals surface area contributed by atoms with Gasteiger partial charge in [-0.05, 0) is 27.7 Å². The van der Waals surface area contributed by atoms with Gasteiger partial charge in [0.15, 0.2) is 23.5 Å². The van der Waals surface area contributed by atoms with Gasteiger partial charge in [0, 0.05) is 6.61 Å². The highest BCUT2D eigenvalue weighted by molar-refractivity contribution is 5.96. The minimum Gasteiger partial charge on any atom is -0.483 e. The molecule has 0 radical (unpaired) electrons. The molecule has 0 aromatic heterocycles. The van der Waals surface area contributed by atoms with E-state index in [9.17, 15) is 9.90 Å². The van der Waals surface area contributed by atoms with Gasteiger partial charge < -0.3 is 25.2 Å². The number of amides is 1. The smallest absolute Gasteiger partial charge is 0.272 e. The number of nitriles is 1. The Morgan fingerprint density at radius 2 is 2.10 bits per heavy atom. The maximum Gasteiger partial charge on any atom is 0.272 e. The predicted molar refractivity (Wildman–Crippen MR) is 74.7 cm³/mol. The maximum absolute atomic E-state index is 12.0. The second-order valence-electron chi connectivity index (χ2n) is 4.64. The molecule has 1 rings (SSSR count). The van der Waals surface area contributed by atoms with Gasteiger partial charge in [0.25, 0.3) is 5.91 Å². The molecule has 0 aromatic carbocycles. The van der Waals surface area contributed by atoms with Gasteiger partial charge in [-0.3, -0.25) is 4.79 Å². The molecule has 2 atom stereocenters. The van der Waals surface area contributed by atoms with E-state index in [1.165, 1.54) is 6.92 Å². The first kappa shape index (κ1) is 16.9. The topological polar surface area (TPSA) is 116 Å². The highest BCUT2D eigenvalue weighted by Crippen LogP contribution is 2.27. The molecule has 2 unspecified atom stereocenters. The lowest BCUT2D eigenvalue weighted by Crippen LogP contribution is -2.73. The summed E-state index contributed by atoms with van der Waals surface area (Å²) in [6, 6.07) is 1.81. The highest BCUT2D eigenvalue weighted by atomic mass is 16.5. The van der Waals surface area contributed by atoms with Gasteiger partial charge in [-0.1, -0.05) is 0 Å². The number of hydrogen-bond acceptors (Lipinski definition) is 7. The van der Waals surface area contributed by atoms with Crippen LogP contribution in [0.15, 0.2) is 16.4 Å². The Morgan fingerprint density at radius 3 is 2.62 bits per heavy atom. The Hall–Kier alpha value is -2.11. The van der Waals surface area contributed by atoms with E-state index >= 15 is 0 Å². The fourth-order valence-electron chi connectivity index (χ4n) is 1.77. The molecule has 0 bridgehead atoms. The fraction of sp³-hybridized carbons (Fsp3) is 0.615. The normalized spacial score (nSPS) is 31.3. The van der Waals surface area contributed by atoms with E-state index in [0.717, 1.165) is 6.40 Å². The lowest BCUT2D eigenvalue weighted by atomic mass is 9.98. The molecule has 8 nitrogen and oxygen atoms in total. The summed E-state index contributed by atoms with van der Waals surface area (Å²) in [5, 5.41) is 24.6. The Balaban J connectivity index is 3.19. The Kier molecular flexibility index (Phi) is 5.29. The standard InChI is InChI=1S/C13H20N4O4/c1-5-20-8-15-9(7-14)10-11(18)17-12(3,19)13(4,16-10)21-6-2/h8,16,19H,5-6H2,1-4H3,(H,17,18)/b10-9-,15-8?. The van der Waals surface area contributed by atoms with Crippen LogP contribution in [-0.4, -0.2) is 42.1 Å². The second-order valence-corrected chi connectivity index (χ2v) is 4.64. The van der Waals surface area contributed by atoms with Crippen LogP contribution in [0.3, 0.4) is 0 Å². The van der Waals surface area contributed by atoms with Crippen LogP contribution in [0.2, 0.25) is 0 Å². The third kappa shape index (κ3) is 3.51. The Morgan fingerprint density at radius 1 is 1.43 bits per heavy atom. The third-order valence-electron chi connectivity index (χ3n) is 3.08. The molecule has 21 heavy (non-hydrogen) atoms. The van der Waals surface area contributed by atoms with E-state index in [2.05, 4.69) is 15.6 Å². The van der Waals surface area contributed by atoms with Gasteiger partial charge in [-0.2, -0.15) is 5.26 Å². The number of rotatable bonds is 5. The molecular formula is C13H20N4O4. The number of carbonyl (C=O) groups excluding carboxylic acids is 1. The molecule has 0 spiro atoms. The van der Waals surface area contributed by atoms with Gasteiger partial charge in [-0.25, -0.2) is 4.99 Å². The van der Waals surface area contributed by atoms with Gasteiger partial charge >= 0.3 is 0 Å². The molecule has 1 aliphatic heterocycles. The molecule has 8 heteroatoms. The molecule has 1 aliphatic rings. The summed E-state index contributed by atoms with van der Waals surface area (Å²) < 4.78 is 10.4. The number of nitrogens with one attached hydrogen (secondary N) is 2. The summed E-state index contributed by atoms with van der Waals surface area (Å²) >= 11 is 0. The summed E-state index contributed by atoms with van der Waals surface area (Å²) in [5.74, 6) is -0.651. The van der Waals surface area contributed by atoms with Gasteiger partial charge in [0.05, 0.1) is 6.61 Å². The average Bonchev–Trinajstić information content (AvgIpc) is 2.40. The second kappa shape index (κ2) is 6.56. The molecule has 0 aromatic rings. The number of carbonyl (C=O) groups is 1. The molecule has 3 N–H and O–H groups in total. The van der Waals surface area contributed by atoms with Crippen molar-refractivity contribution in [3.05, 3.63) is 11.4 Å². The lowest BCUT2D eigenvalue weighted by molar-refractivity contribution is -0.203. The Bertz CT molecular complexity index is 507. The molecule has 1 fully saturated rings. The first-order valence-corrected chi connectivity index (χ1v) is 6.56. The van der Waals surface area contributed by atoms with Gasteiger partial charge in [0.1, 0.15) is 11.8 Å². The van der Waals surface area contributed by atoms with Crippen molar-refractivity contribution in [3.8, 4) is 6.07 Å². The van der Waals surface area contributed by atoms with Crippen LogP contribution >= 0.6 is 0 Å². The summed E-state index contributed by atoms with van der Waals surface area (Å²) in [7, 11) is 0. The van der Waals surface area contributed by atoms with Crippen LogP contribution in [0.25, 0.3) is 0 Å². The van der Waals surface area contributed by atoms with E-state index in [4.69, 9.17) is 14.7 Å². The summed E-state index contributed by atoms with van der Waals surface area (Å²) in [6.45, 7) is 7.17. The maximum atomic E-state index is 12.0. The van der Waals surface area contributed by atoms with Crippen LogP contribution in [0.5, 0.6) is 0 Å². The van der Waals surface area contributed by atoms with Crippen molar-refractivity contribution in [1.82, 2.24) is 10.6 Å². The SMILES string of the molecule is CCOC=N/C(C#N)=C1\NC(C)(OCC)C(C)(O)NC1=O. The van der Waals surface area contributed by atoms with E-state index in [0.29, 0.717) is 13.2 Å². The molecule has 1 saturated heterocycles. The van der Waals surface area contributed by atoms with Crippen LogP contribution in [0.1, 0.15) is 27.7 Å². The van der Waals surface area contributed by atoms with E-state index < -0.39 is 17.4 Å². The fourth-order valence-corrected chi connectivity index (χ4v) is 1.77. The first-order valence-electron chi connectivity index (χ1n) is 6.56. The zero-order valence-electron chi connectivity index (χ0n) is 12.6. The minimum atomic E-state index is -1.65. The summed E-state index contributed by atoms with van der Waals surface area (Å²) in [5.41, 5.74) is -3.19. The molecule has 116 valence electrons. The third-order valence-corrected chi connectivity index (χ3v) is 3.08. The van der Waals surface area contributed by atoms with Crippen molar-refractivity contribution < 1.29 is 19.4 Å². The molecule has 0 aliphatic carbocycles. The van der Waals surface area contributed by atoms with E-state index in [1.54, 1.807) is 20.8 Å². The highest BCUT2D eigenvalue weighted by Gasteiger charge is 2.51. The lowest BCUT2D eigenvalue weighted by Gasteiger charge is -2.47. The molecular weight excluding hydrogens is 276 g/mol. The van der Waals surface area contributed by atoms with Crippen molar-refractivity contribution in [2.45, 2.75) is 39.1 Å². The van der Waals surface area contributed by atoms with Crippen LogP contribution < -0.4 is 10.6 Å². The van der Waals surface area contributed by atoms with Crippen LogP contribution in [0.4, 0.5) is 0 Å². The zero-order chi connectivity index (χ0) is 16.1. The summed E-state index contributed by atoms with van der Waals surface area (Å²) in [4.78, 5) is 15.8. The number of nitrogens with zero attached hydrogens (tertiary/aromatic N) is 2. The first-order chi connectivity index (χ1) is 9.81. The van der Waals surface area contributed by atoms with Crippen molar-refractivity contribution in [2.75, 3.05) is 13.2 Å². The zero-order valence-corrected chi connectivity index (χ0v) is 12.6. The number of hydrogen-bond donors (Lipinski definition) is 3. The van der Waals surface area contributed by atoms with E-state index in [1.807, 2.05) is 6.07 Å². The van der Waals surface area contributed by atoms with Crippen LogP contribution in [0, 0.1) is 11.3 Å². The van der Waals surface area contributed by atoms with Gasteiger partial charge in [0.2, 0.25) is 0 Å². The van der Waals surface area contributed by atoms with E-state index in [-0.39, 0.29) is 11.4 Å². The largest absolute Gasteiger partial charge is 0.483 e. The van der Waals surface area contributed by atoms with Crippen molar-refractivity contribution in [2.24, 2.45) is 4.99 Å². The predicted octanol–water partition coefficient (Wildman–Crippen LogP) is -0.0330. The van der Waals surface area contributed by atoms with Crippen molar-refractivity contribution in [3.63, 3.8) is 0 Å². The average molecular weight is 296 g/mol. The molecule has 1 heterocycles. The number of aliphatic imine (C=N–C) groups is 1. The molecule has 1 amide bonds. The number of piperazine rings is 1. The Labute approximate surface area is 123 Å². The summed E-state index contributed by atoms with van der Waals surface area (Å²) in [6.07, 6.45) is 1.09.